The molecule has 1 aromatic rings. The van der Waals surface area contributed by atoms with Gasteiger partial charge < -0.3 is 15.2 Å². The van der Waals surface area contributed by atoms with E-state index >= 15 is 0 Å². The van der Waals surface area contributed by atoms with Crippen molar-refractivity contribution in [3.05, 3.63) is 39.4 Å². The first kappa shape index (κ1) is 17.7. The van der Waals surface area contributed by atoms with Gasteiger partial charge in [-0.05, 0) is 51.2 Å². The predicted octanol–water partition coefficient (Wildman–Crippen LogP) is 3.06. The quantitative estimate of drug-likeness (QED) is 0.644. The number of aromatic carboxylic acids is 1. The van der Waals surface area contributed by atoms with Crippen LogP contribution in [0.1, 0.15) is 55.5 Å². The molecular weight excluding hydrogens is 316 g/mol. The van der Waals surface area contributed by atoms with E-state index in [0.29, 0.717) is 18.4 Å². The van der Waals surface area contributed by atoms with Gasteiger partial charge in [0.2, 0.25) is 0 Å². The smallest absolute Gasteiger partial charge is 0.407 e. The number of hydrogen-bond donors (Lipinski definition) is 2. The zero-order valence-corrected chi connectivity index (χ0v) is 13.7. The van der Waals surface area contributed by atoms with E-state index in [4.69, 9.17) is 4.74 Å². The molecule has 0 unspecified atom stereocenters. The minimum Gasteiger partial charge on any atom is -0.478 e. The molecule has 1 amide bonds. The van der Waals surface area contributed by atoms with Gasteiger partial charge in [0.05, 0.1) is 10.5 Å². The molecule has 2 N–H and O–H groups in total. The monoisotopic (exact) mass is 336 g/mol. The summed E-state index contributed by atoms with van der Waals surface area (Å²) in [6, 6.07) is 3.61. The first-order chi connectivity index (χ1) is 11.1. The number of carboxylic acids is 1. The second-order valence-corrected chi connectivity index (χ2v) is 6.85. The van der Waals surface area contributed by atoms with Gasteiger partial charge in [-0.3, -0.25) is 10.1 Å². The Bertz CT molecular complexity index is 674. The lowest BCUT2D eigenvalue weighted by atomic mass is 9.74. The fraction of sp³-hybridized carbons (Fsp3) is 0.500. The van der Waals surface area contributed by atoms with E-state index in [1.54, 1.807) is 20.8 Å². The van der Waals surface area contributed by atoms with Crippen LogP contribution >= 0.6 is 0 Å². The third kappa shape index (κ3) is 4.21. The lowest BCUT2D eigenvalue weighted by molar-refractivity contribution is -0.384. The predicted molar refractivity (Wildman–Crippen MR) is 85.2 cm³/mol. The normalized spacial score (nSPS) is 20.0. The topological polar surface area (TPSA) is 119 Å². The minimum absolute atomic E-state index is 0.0568. The van der Waals surface area contributed by atoms with Crippen LogP contribution in [0.5, 0.6) is 0 Å². The molecule has 8 heteroatoms. The fourth-order valence-electron chi connectivity index (χ4n) is 2.66. The Labute approximate surface area is 139 Å². The zero-order chi connectivity index (χ0) is 18.1. The summed E-state index contributed by atoms with van der Waals surface area (Å²) in [7, 11) is 0. The maximum absolute atomic E-state index is 11.7. The Kier molecular flexibility index (Phi) is 4.77. The number of carboxylic acid groups (broad SMARTS) is 1. The van der Waals surface area contributed by atoms with Crippen LogP contribution in [0.2, 0.25) is 0 Å². The molecule has 0 radical (unpaired) electrons. The van der Waals surface area contributed by atoms with Crippen LogP contribution in [-0.4, -0.2) is 33.7 Å². The van der Waals surface area contributed by atoms with Gasteiger partial charge in [-0.2, -0.15) is 0 Å². The van der Waals surface area contributed by atoms with Gasteiger partial charge in [-0.25, -0.2) is 9.59 Å². The average Bonchev–Trinajstić information content (AvgIpc) is 2.39. The van der Waals surface area contributed by atoms with E-state index < -0.39 is 22.6 Å². The van der Waals surface area contributed by atoms with Gasteiger partial charge in [0, 0.05) is 18.2 Å². The average molecular weight is 336 g/mol. The number of nitrogens with one attached hydrogen (secondary N) is 1. The van der Waals surface area contributed by atoms with Gasteiger partial charge in [-0.15, -0.1) is 0 Å². The van der Waals surface area contributed by atoms with Gasteiger partial charge >= 0.3 is 12.1 Å². The number of ether oxygens (including phenoxy) is 1. The van der Waals surface area contributed by atoms with Gasteiger partial charge in [-0.1, -0.05) is 0 Å². The molecule has 1 saturated carbocycles. The van der Waals surface area contributed by atoms with E-state index in [0.717, 1.165) is 0 Å². The van der Waals surface area contributed by atoms with Crippen LogP contribution in [0.15, 0.2) is 18.2 Å². The van der Waals surface area contributed by atoms with Crippen molar-refractivity contribution in [2.75, 3.05) is 0 Å². The Morgan fingerprint density at radius 1 is 1.33 bits per heavy atom. The molecule has 0 aromatic heterocycles. The molecule has 0 bridgehead atoms. The molecule has 0 atom stereocenters. The number of nitrogens with zero attached hydrogens (tertiary/aromatic N) is 1. The highest BCUT2D eigenvalue weighted by Crippen LogP contribution is 2.40. The summed E-state index contributed by atoms with van der Waals surface area (Å²) in [5.74, 6) is -1.26. The summed E-state index contributed by atoms with van der Waals surface area (Å²) in [4.78, 5) is 33.3. The number of carbonyl (C=O) groups is 2. The molecule has 0 aliphatic heterocycles. The van der Waals surface area contributed by atoms with Crippen LogP contribution in [0.25, 0.3) is 0 Å². The first-order valence-corrected chi connectivity index (χ1v) is 7.58. The number of benzene rings is 1. The molecule has 0 heterocycles. The highest BCUT2D eigenvalue weighted by atomic mass is 16.6. The van der Waals surface area contributed by atoms with Crippen molar-refractivity contribution in [1.82, 2.24) is 5.32 Å². The van der Waals surface area contributed by atoms with Crippen molar-refractivity contribution < 1.29 is 24.4 Å². The highest BCUT2D eigenvalue weighted by Gasteiger charge is 2.35. The maximum atomic E-state index is 11.7. The van der Waals surface area contributed by atoms with E-state index in [9.17, 15) is 24.8 Å². The summed E-state index contributed by atoms with van der Waals surface area (Å²) < 4.78 is 5.16. The molecule has 1 aliphatic carbocycles. The highest BCUT2D eigenvalue weighted by molar-refractivity contribution is 5.90. The van der Waals surface area contributed by atoms with Crippen molar-refractivity contribution in [2.45, 2.75) is 51.2 Å². The van der Waals surface area contributed by atoms with Gasteiger partial charge in [0.1, 0.15) is 5.60 Å². The summed E-state index contributed by atoms with van der Waals surface area (Å²) in [5, 5.41) is 22.8. The zero-order valence-electron chi connectivity index (χ0n) is 13.7. The second-order valence-electron chi connectivity index (χ2n) is 6.85. The van der Waals surface area contributed by atoms with E-state index in [1.807, 2.05) is 0 Å². The van der Waals surface area contributed by atoms with Crippen LogP contribution in [0.4, 0.5) is 10.5 Å². The van der Waals surface area contributed by atoms with Crippen molar-refractivity contribution >= 4 is 17.7 Å². The van der Waals surface area contributed by atoms with Crippen LogP contribution in [-0.2, 0) is 4.74 Å². The first-order valence-electron chi connectivity index (χ1n) is 7.58. The molecule has 8 nitrogen and oxygen atoms in total. The number of amides is 1. The van der Waals surface area contributed by atoms with Crippen molar-refractivity contribution in [2.24, 2.45) is 0 Å². The Morgan fingerprint density at radius 2 is 1.96 bits per heavy atom. The number of nitro benzene ring substituents is 1. The molecular formula is C16H20N2O6. The number of hydrogen-bond acceptors (Lipinski definition) is 5. The van der Waals surface area contributed by atoms with Crippen LogP contribution in [0.3, 0.4) is 0 Å². The standard InChI is InChI=1S/C16H20N2O6/c1-16(2,3)24-15(21)17-10-6-9(7-10)13-8-11(18(22)23)4-5-12(13)14(19)20/h4-5,8-10H,6-7H2,1-3H3,(H,17,21)(H,19,20). The SMILES string of the molecule is CC(C)(C)OC(=O)NC1CC(c2cc([N+](=O)[O-])ccc2C(=O)O)C1. The summed E-state index contributed by atoms with van der Waals surface area (Å²) in [5.41, 5.74) is -0.247. The largest absolute Gasteiger partial charge is 0.478 e. The molecule has 1 fully saturated rings. The lowest BCUT2D eigenvalue weighted by Gasteiger charge is -2.37. The molecule has 2 rings (SSSR count). The van der Waals surface area contributed by atoms with Gasteiger partial charge in [0.15, 0.2) is 0 Å². The van der Waals surface area contributed by atoms with Gasteiger partial charge in [0.25, 0.3) is 5.69 Å². The Balaban J connectivity index is 2.04. The van der Waals surface area contributed by atoms with Crippen LogP contribution in [0, 0.1) is 10.1 Å². The van der Waals surface area contributed by atoms with Crippen LogP contribution < -0.4 is 5.32 Å². The summed E-state index contributed by atoms with van der Waals surface area (Å²) in [6.45, 7) is 5.29. The minimum atomic E-state index is -1.12. The van der Waals surface area contributed by atoms with E-state index in [2.05, 4.69) is 5.32 Å². The second kappa shape index (κ2) is 6.46. The third-order valence-electron chi connectivity index (χ3n) is 3.78. The number of non-ortho nitro benzene ring substituents is 1. The van der Waals surface area contributed by atoms with E-state index in [1.165, 1.54) is 18.2 Å². The van der Waals surface area contributed by atoms with Crippen molar-refractivity contribution in [1.29, 1.82) is 0 Å². The number of rotatable bonds is 4. The fourth-order valence-corrected chi connectivity index (χ4v) is 2.66. The third-order valence-corrected chi connectivity index (χ3v) is 3.78. The maximum Gasteiger partial charge on any atom is 0.407 e. The molecule has 1 aliphatic rings. The molecule has 0 saturated heterocycles. The van der Waals surface area contributed by atoms with Crippen molar-refractivity contribution in [3.63, 3.8) is 0 Å². The summed E-state index contributed by atoms with van der Waals surface area (Å²) >= 11 is 0. The molecule has 24 heavy (non-hydrogen) atoms. The molecule has 0 spiro atoms. The Hall–Kier alpha value is -2.64. The van der Waals surface area contributed by atoms with E-state index in [-0.39, 0.29) is 23.2 Å². The number of alkyl carbamates (subject to hydrolysis) is 1. The van der Waals surface area contributed by atoms with Crippen molar-refractivity contribution in [3.8, 4) is 0 Å². The number of nitro groups is 1. The number of carbonyl (C=O) groups excluding carboxylic acids is 1. The Morgan fingerprint density at radius 3 is 2.46 bits per heavy atom. The molecule has 130 valence electrons. The molecule has 1 aromatic carbocycles. The summed E-state index contributed by atoms with van der Waals surface area (Å²) in [6.07, 6.45) is 0.505. The lowest BCUT2D eigenvalue weighted by Crippen LogP contribution is -2.45.